The van der Waals surface area contributed by atoms with E-state index in [1.54, 1.807) is 42.3 Å². The van der Waals surface area contributed by atoms with Crippen LogP contribution in [0.15, 0.2) is 46.8 Å². The SMILES string of the molecule is CC(=O)c1ccccc1N1CC2(N=N1)C(=O)OC1C2CC[C@H](C)[C@]2(O)C=CC(=O)[C@@]12C. The number of ketones is 2. The first kappa shape index (κ1) is 20.1. The molecule has 1 saturated heterocycles. The van der Waals surface area contributed by atoms with Crippen LogP contribution in [0.25, 0.3) is 0 Å². The lowest BCUT2D eigenvalue weighted by Gasteiger charge is -2.43. The number of anilines is 1. The molecule has 5 rings (SSSR count). The van der Waals surface area contributed by atoms with Gasteiger partial charge >= 0.3 is 5.97 Å². The maximum atomic E-state index is 13.2. The van der Waals surface area contributed by atoms with Gasteiger partial charge in [-0.25, -0.2) is 9.80 Å². The first-order valence-electron chi connectivity index (χ1n) is 10.6. The van der Waals surface area contributed by atoms with Gasteiger partial charge in [-0.3, -0.25) is 9.59 Å². The van der Waals surface area contributed by atoms with Crippen molar-refractivity contribution in [2.24, 2.45) is 27.6 Å². The lowest BCUT2D eigenvalue weighted by Crippen LogP contribution is -2.57. The van der Waals surface area contributed by atoms with Crippen LogP contribution in [-0.4, -0.2) is 46.4 Å². The van der Waals surface area contributed by atoms with Gasteiger partial charge < -0.3 is 9.84 Å². The molecule has 4 aliphatic rings. The summed E-state index contributed by atoms with van der Waals surface area (Å²) in [6.45, 7) is 5.22. The number of rotatable bonds is 2. The lowest BCUT2D eigenvalue weighted by molar-refractivity contribution is -0.166. The molecule has 0 aromatic heterocycles. The van der Waals surface area contributed by atoms with Crippen LogP contribution in [0, 0.1) is 17.3 Å². The van der Waals surface area contributed by atoms with E-state index in [2.05, 4.69) is 10.3 Å². The van der Waals surface area contributed by atoms with Gasteiger partial charge in [0, 0.05) is 11.5 Å². The number of carbonyl (C=O) groups excluding carboxylic acids is 3. The topological polar surface area (TPSA) is 109 Å². The summed E-state index contributed by atoms with van der Waals surface area (Å²) in [7, 11) is 0. The summed E-state index contributed by atoms with van der Waals surface area (Å²) in [5.41, 5.74) is -2.85. The highest BCUT2D eigenvalue weighted by atomic mass is 16.6. The third-order valence-electron chi connectivity index (χ3n) is 7.91. The Morgan fingerprint density at radius 2 is 2.00 bits per heavy atom. The van der Waals surface area contributed by atoms with Crippen molar-refractivity contribution >= 4 is 23.2 Å². The fourth-order valence-electron chi connectivity index (χ4n) is 5.90. The first-order valence-corrected chi connectivity index (χ1v) is 10.6. The number of hydrogen-bond acceptors (Lipinski definition) is 8. The summed E-state index contributed by atoms with van der Waals surface area (Å²) in [5, 5.41) is 21.7. The minimum atomic E-state index is -1.38. The van der Waals surface area contributed by atoms with Crippen LogP contribution in [0.2, 0.25) is 0 Å². The Hall–Kier alpha value is -2.87. The molecule has 8 heteroatoms. The molecule has 2 aliphatic heterocycles. The average molecular weight is 423 g/mol. The largest absolute Gasteiger partial charge is 0.459 e. The van der Waals surface area contributed by atoms with Crippen LogP contribution in [0.5, 0.6) is 0 Å². The second-order valence-electron chi connectivity index (χ2n) is 9.38. The molecule has 2 heterocycles. The fraction of sp³-hybridized carbons (Fsp3) is 0.522. The lowest BCUT2D eigenvalue weighted by atomic mass is 9.63. The molecule has 1 aromatic rings. The molecule has 2 fully saturated rings. The Balaban J connectivity index is 1.55. The maximum absolute atomic E-state index is 13.2. The van der Waals surface area contributed by atoms with Crippen LogP contribution < -0.4 is 5.01 Å². The predicted octanol–water partition coefficient (Wildman–Crippen LogP) is 2.66. The average Bonchev–Trinajstić information content (AvgIpc) is 3.37. The molecule has 3 unspecified atom stereocenters. The summed E-state index contributed by atoms with van der Waals surface area (Å²) in [6, 6.07) is 7.06. The van der Waals surface area contributed by atoms with Gasteiger partial charge in [0.2, 0.25) is 5.54 Å². The number of hydrogen-bond donors (Lipinski definition) is 1. The number of aliphatic hydroxyl groups is 1. The zero-order valence-electron chi connectivity index (χ0n) is 17.7. The number of carbonyl (C=O) groups is 3. The van der Waals surface area contributed by atoms with Crippen LogP contribution in [0.1, 0.15) is 44.0 Å². The summed E-state index contributed by atoms with van der Waals surface area (Å²) < 4.78 is 5.84. The van der Waals surface area contributed by atoms with Gasteiger partial charge in [0.25, 0.3) is 0 Å². The van der Waals surface area contributed by atoms with E-state index in [1.165, 1.54) is 13.0 Å². The molecule has 1 saturated carbocycles. The third kappa shape index (κ3) is 2.36. The number of para-hydroxylation sites is 1. The molecular formula is C23H25N3O5. The predicted molar refractivity (Wildman–Crippen MR) is 110 cm³/mol. The van der Waals surface area contributed by atoms with E-state index in [-0.39, 0.29) is 24.0 Å². The number of nitrogens with zero attached hydrogens (tertiary/aromatic N) is 3. The monoisotopic (exact) mass is 423 g/mol. The molecule has 1 N–H and O–H groups in total. The van der Waals surface area contributed by atoms with Crippen LogP contribution >= 0.6 is 0 Å². The highest BCUT2D eigenvalue weighted by Crippen LogP contribution is 2.59. The van der Waals surface area contributed by atoms with Crippen LogP contribution in [-0.2, 0) is 14.3 Å². The van der Waals surface area contributed by atoms with E-state index in [0.29, 0.717) is 24.1 Å². The zero-order valence-corrected chi connectivity index (χ0v) is 17.7. The molecule has 6 atom stereocenters. The fourth-order valence-corrected chi connectivity index (χ4v) is 5.90. The molecule has 0 amide bonds. The van der Waals surface area contributed by atoms with E-state index in [9.17, 15) is 19.5 Å². The molecule has 1 spiro atoms. The normalized spacial score (nSPS) is 40.8. The van der Waals surface area contributed by atoms with E-state index in [1.807, 2.05) is 6.92 Å². The van der Waals surface area contributed by atoms with E-state index < -0.39 is 34.5 Å². The van der Waals surface area contributed by atoms with Gasteiger partial charge in [0.15, 0.2) is 11.6 Å². The molecular weight excluding hydrogens is 398 g/mol. The van der Waals surface area contributed by atoms with Crippen molar-refractivity contribution in [1.82, 2.24) is 0 Å². The van der Waals surface area contributed by atoms with Crippen molar-refractivity contribution in [2.45, 2.75) is 50.9 Å². The molecule has 0 radical (unpaired) electrons. The number of allylic oxidation sites excluding steroid dienone is 1. The number of esters is 1. The quantitative estimate of drug-likeness (QED) is 0.579. The standard InChI is InChI=1S/C23H25N3O5/c1-13-8-9-16-19(21(3)18(28)10-11-23(13,21)30)31-20(29)22(16)12-26(25-24-22)17-7-5-4-6-15(17)14(2)27/h4-7,10-11,13,16,19,30H,8-9,12H2,1-3H3/t13-,16?,19?,21-,22?,23+/m0/s1. The van der Waals surface area contributed by atoms with Crippen molar-refractivity contribution in [3.05, 3.63) is 42.0 Å². The van der Waals surface area contributed by atoms with E-state index in [0.717, 1.165) is 0 Å². The minimum Gasteiger partial charge on any atom is -0.459 e. The highest BCUT2D eigenvalue weighted by molar-refractivity contribution is 6.01. The van der Waals surface area contributed by atoms with Gasteiger partial charge in [-0.1, -0.05) is 24.3 Å². The Morgan fingerprint density at radius 1 is 1.26 bits per heavy atom. The summed E-state index contributed by atoms with van der Waals surface area (Å²) in [5.74, 6) is -1.48. The second-order valence-corrected chi connectivity index (χ2v) is 9.38. The molecule has 2 aliphatic carbocycles. The van der Waals surface area contributed by atoms with Crippen molar-refractivity contribution in [1.29, 1.82) is 0 Å². The molecule has 8 nitrogen and oxygen atoms in total. The van der Waals surface area contributed by atoms with Crippen LogP contribution in [0.4, 0.5) is 5.69 Å². The number of fused-ring (bicyclic) bond motifs is 4. The van der Waals surface area contributed by atoms with Gasteiger partial charge in [-0.15, -0.1) is 5.11 Å². The smallest absolute Gasteiger partial charge is 0.338 e. The van der Waals surface area contributed by atoms with Crippen molar-refractivity contribution in [2.75, 3.05) is 11.6 Å². The zero-order chi connectivity index (χ0) is 22.2. The van der Waals surface area contributed by atoms with E-state index >= 15 is 0 Å². The third-order valence-corrected chi connectivity index (χ3v) is 7.91. The number of ether oxygens (including phenoxy) is 1. The molecule has 162 valence electrons. The van der Waals surface area contributed by atoms with Gasteiger partial charge in [-0.2, -0.15) is 0 Å². The van der Waals surface area contributed by atoms with E-state index in [4.69, 9.17) is 4.74 Å². The summed E-state index contributed by atoms with van der Waals surface area (Å²) in [6.07, 6.45) is 3.34. The Bertz CT molecular complexity index is 1070. The highest BCUT2D eigenvalue weighted by Gasteiger charge is 2.72. The van der Waals surface area contributed by atoms with Gasteiger partial charge in [-0.05, 0) is 56.9 Å². The van der Waals surface area contributed by atoms with Gasteiger partial charge in [0.1, 0.15) is 11.7 Å². The Labute approximate surface area is 179 Å². The second kappa shape index (κ2) is 6.32. The first-order chi connectivity index (χ1) is 14.6. The van der Waals surface area contributed by atoms with Crippen molar-refractivity contribution in [3.8, 4) is 0 Å². The maximum Gasteiger partial charge on any atom is 0.338 e. The molecule has 0 bridgehead atoms. The minimum absolute atomic E-state index is 0.109. The van der Waals surface area contributed by atoms with Gasteiger partial charge in [0.05, 0.1) is 17.6 Å². The Kier molecular flexibility index (Phi) is 4.09. The van der Waals surface area contributed by atoms with Crippen molar-refractivity contribution < 1.29 is 24.2 Å². The Morgan fingerprint density at radius 3 is 2.74 bits per heavy atom. The molecule has 31 heavy (non-hydrogen) atoms. The number of benzene rings is 1. The van der Waals surface area contributed by atoms with Crippen LogP contribution in [0.3, 0.4) is 0 Å². The molecule has 1 aromatic carbocycles. The summed E-state index contributed by atoms with van der Waals surface area (Å²) >= 11 is 0. The van der Waals surface area contributed by atoms with Crippen molar-refractivity contribution in [3.63, 3.8) is 0 Å². The summed E-state index contributed by atoms with van der Waals surface area (Å²) in [4.78, 5) is 38.3. The number of Topliss-reactive ketones (excluding diaryl/α,β-unsaturated/α-hetero) is 1.